The van der Waals surface area contributed by atoms with Gasteiger partial charge in [0.25, 0.3) is 0 Å². The van der Waals surface area contributed by atoms with Crippen LogP contribution >= 0.6 is 0 Å². The SMILES string of the molecule is CCOC(=O)C(C)(CC(C)N1CCCC(N(C)C)C1)NC. The highest BCUT2D eigenvalue weighted by Crippen LogP contribution is 2.22. The molecule has 5 nitrogen and oxygen atoms in total. The Bertz CT molecular complexity index is 335. The zero-order chi connectivity index (χ0) is 16.0. The van der Waals surface area contributed by atoms with Crippen LogP contribution in [0.3, 0.4) is 0 Å². The summed E-state index contributed by atoms with van der Waals surface area (Å²) >= 11 is 0. The number of carbonyl (C=O) groups is 1. The lowest BCUT2D eigenvalue weighted by atomic mass is 9.91. The van der Waals surface area contributed by atoms with Crippen molar-refractivity contribution in [2.75, 3.05) is 40.8 Å². The standard InChI is InChI=1S/C16H33N3O2/c1-7-21-15(20)16(3,17-4)11-13(2)19-10-8-9-14(12-19)18(5)6/h13-14,17H,7-12H2,1-6H3. The maximum absolute atomic E-state index is 12.2. The Balaban J connectivity index is 2.65. The molecule has 1 aliphatic rings. The fourth-order valence-electron chi connectivity index (χ4n) is 3.10. The second-order valence-corrected chi connectivity index (χ2v) is 6.61. The molecule has 0 aromatic carbocycles. The molecule has 1 heterocycles. The van der Waals surface area contributed by atoms with Crippen molar-refractivity contribution in [1.82, 2.24) is 15.1 Å². The fourth-order valence-corrected chi connectivity index (χ4v) is 3.10. The second-order valence-electron chi connectivity index (χ2n) is 6.61. The minimum absolute atomic E-state index is 0.152. The van der Waals surface area contributed by atoms with Crippen molar-refractivity contribution in [3.05, 3.63) is 0 Å². The highest BCUT2D eigenvalue weighted by atomic mass is 16.5. The molecule has 1 fully saturated rings. The first kappa shape index (κ1) is 18.4. The Morgan fingerprint density at radius 1 is 1.52 bits per heavy atom. The van der Waals surface area contributed by atoms with Crippen LogP contribution in [-0.2, 0) is 9.53 Å². The normalized spacial score (nSPS) is 24.6. The predicted octanol–water partition coefficient (Wildman–Crippen LogP) is 1.33. The number of likely N-dealkylation sites (tertiary alicyclic amines) is 1. The van der Waals surface area contributed by atoms with Crippen LogP contribution in [-0.4, -0.2) is 74.2 Å². The van der Waals surface area contributed by atoms with Gasteiger partial charge in [-0.25, -0.2) is 0 Å². The Morgan fingerprint density at radius 2 is 2.19 bits per heavy atom. The molecular weight excluding hydrogens is 266 g/mol. The van der Waals surface area contributed by atoms with Crippen molar-refractivity contribution < 1.29 is 9.53 Å². The lowest BCUT2D eigenvalue weighted by Gasteiger charge is -2.41. The van der Waals surface area contributed by atoms with E-state index in [0.29, 0.717) is 18.7 Å². The average molecular weight is 299 g/mol. The Morgan fingerprint density at radius 3 is 2.71 bits per heavy atom. The highest BCUT2D eigenvalue weighted by Gasteiger charge is 2.37. The van der Waals surface area contributed by atoms with Crippen molar-refractivity contribution >= 4 is 5.97 Å². The monoisotopic (exact) mass is 299 g/mol. The van der Waals surface area contributed by atoms with Crippen LogP contribution in [0.5, 0.6) is 0 Å². The summed E-state index contributed by atoms with van der Waals surface area (Å²) < 4.78 is 5.22. The number of rotatable bonds is 7. The summed E-state index contributed by atoms with van der Waals surface area (Å²) in [5, 5.41) is 3.16. The summed E-state index contributed by atoms with van der Waals surface area (Å²) in [6, 6.07) is 0.972. The van der Waals surface area contributed by atoms with Gasteiger partial charge in [0.15, 0.2) is 0 Å². The molecule has 0 aromatic rings. The van der Waals surface area contributed by atoms with E-state index >= 15 is 0 Å². The molecule has 0 aliphatic carbocycles. The molecule has 1 N–H and O–H groups in total. The number of nitrogens with zero attached hydrogens (tertiary/aromatic N) is 2. The van der Waals surface area contributed by atoms with E-state index in [1.807, 2.05) is 20.9 Å². The molecule has 0 radical (unpaired) electrons. The number of nitrogens with one attached hydrogen (secondary N) is 1. The summed E-state index contributed by atoms with van der Waals surface area (Å²) in [6.07, 6.45) is 3.25. The van der Waals surface area contributed by atoms with E-state index in [9.17, 15) is 4.79 Å². The lowest BCUT2D eigenvalue weighted by Crippen LogP contribution is -2.55. The molecule has 0 amide bonds. The third kappa shape index (κ3) is 4.94. The van der Waals surface area contributed by atoms with Crippen LogP contribution in [0, 0.1) is 0 Å². The molecule has 5 heteroatoms. The summed E-state index contributed by atoms with van der Waals surface area (Å²) in [6.45, 7) is 8.63. The van der Waals surface area contributed by atoms with Crippen molar-refractivity contribution in [2.24, 2.45) is 0 Å². The number of carbonyl (C=O) groups excluding carboxylic acids is 1. The topological polar surface area (TPSA) is 44.8 Å². The van der Waals surface area contributed by atoms with Gasteiger partial charge < -0.3 is 15.0 Å². The van der Waals surface area contributed by atoms with Crippen LogP contribution in [0.2, 0.25) is 0 Å². The van der Waals surface area contributed by atoms with E-state index in [0.717, 1.165) is 19.5 Å². The number of hydrogen-bond acceptors (Lipinski definition) is 5. The number of likely N-dealkylation sites (N-methyl/N-ethyl adjacent to an activating group) is 2. The van der Waals surface area contributed by atoms with Gasteiger partial charge in [-0.1, -0.05) is 0 Å². The average Bonchev–Trinajstić information content (AvgIpc) is 2.47. The molecular formula is C16H33N3O2. The summed E-state index contributed by atoms with van der Waals surface area (Å²) in [4.78, 5) is 17.0. The van der Waals surface area contributed by atoms with Crippen molar-refractivity contribution in [3.63, 3.8) is 0 Å². The fraction of sp³-hybridized carbons (Fsp3) is 0.938. The van der Waals surface area contributed by atoms with Crippen molar-refractivity contribution in [3.8, 4) is 0 Å². The molecule has 1 saturated heterocycles. The molecule has 21 heavy (non-hydrogen) atoms. The quantitative estimate of drug-likeness (QED) is 0.719. The van der Waals surface area contributed by atoms with Gasteiger partial charge in [-0.2, -0.15) is 0 Å². The Labute approximate surface area is 130 Å². The minimum atomic E-state index is -0.611. The second kappa shape index (κ2) is 8.11. The molecule has 1 aliphatic heterocycles. The molecule has 0 spiro atoms. The molecule has 3 unspecified atom stereocenters. The molecule has 0 saturated carbocycles. The summed E-state index contributed by atoms with van der Waals surface area (Å²) in [7, 11) is 6.13. The highest BCUT2D eigenvalue weighted by molar-refractivity contribution is 5.80. The third-order valence-corrected chi connectivity index (χ3v) is 4.76. The zero-order valence-electron chi connectivity index (χ0n) is 14.6. The van der Waals surface area contributed by atoms with E-state index in [4.69, 9.17) is 4.74 Å². The first-order valence-electron chi connectivity index (χ1n) is 8.10. The Kier molecular flexibility index (Phi) is 7.10. The van der Waals surface area contributed by atoms with Crippen LogP contribution in [0.1, 0.15) is 40.0 Å². The summed E-state index contributed by atoms with van der Waals surface area (Å²) in [5.41, 5.74) is -0.611. The Hall–Kier alpha value is -0.650. The van der Waals surface area contributed by atoms with E-state index in [-0.39, 0.29) is 5.97 Å². The molecule has 0 bridgehead atoms. The molecule has 124 valence electrons. The maximum atomic E-state index is 12.2. The first-order valence-corrected chi connectivity index (χ1v) is 8.10. The lowest BCUT2D eigenvalue weighted by molar-refractivity contribution is -0.151. The van der Waals surface area contributed by atoms with Gasteiger partial charge in [0, 0.05) is 18.6 Å². The van der Waals surface area contributed by atoms with Crippen molar-refractivity contribution in [1.29, 1.82) is 0 Å². The van der Waals surface area contributed by atoms with Gasteiger partial charge >= 0.3 is 5.97 Å². The minimum Gasteiger partial charge on any atom is -0.465 e. The van der Waals surface area contributed by atoms with Gasteiger partial charge in [0.1, 0.15) is 5.54 Å². The van der Waals surface area contributed by atoms with Gasteiger partial charge in [-0.3, -0.25) is 9.69 Å². The zero-order valence-corrected chi connectivity index (χ0v) is 14.6. The van der Waals surface area contributed by atoms with E-state index < -0.39 is 5.54 Å². The largest absolute Gasteiger partial charge is 0.465 e. The molecule has 3 atom stereocenters. The number of esters is 1. The maximum Gasteiger partial charge on any atom is 0.326 e. The van der Waals surface area contributed by atoms with Gasteiger partial charge in [0.05, 0.1) is 6.61 Å². The number of ether oxygens (including phenoxy) is 1. The van der Waals surface area contributed by atoms with Gasteiger partial charge in [0.2, 0.25) is 0 Å². The predicted molar refractivity (Wildman–Crippen MR) is 86.5 cm³/mol. The van der Waals surface area contributed by atoms with Crippen LogP contribution in [0.25, 0.3) is 0 Å². The number of piperidine rings is 1. The van der Waals surface area contributed by atoms with Crippen molar-refractivity contribution in [2.45, 2.75) is 57.7 Å². The van der Waals surface area contributed by atoms with E-state index in [1.165, 1.54) is 12.8 Å². The molecule has 1 rings (SSSR count). The van der Waals surface area contributed by atoms with Gasteiger partial charge in [-0.05, 0) is 67.7 Å². The van der Waals surface area contributed by atoms with E-state index in [1.54, 1.807) is 0 Å². The number of hydrogen-bond donors (Lipinski definition) is 1. The molecule has 0 aromatic heterocycles. The smallest absolute Gasteiger partial charge is 0.326 e. The van der Waals surface area contributed by atoms with E-state index in [2.05, 4.69) is 36.1 Å². The van der Waals surface area contributed by atoms with Gasteiger partial charge in [-0.15, -0.1) is 0 Å². The third-order valence-electron chi connectivity index (χ3n) is 4.76. The van der Waals surface area contributed by atoms with Crippen LogP contribution in [0.4, 0.5) is 0 Å². The van der Waals surface area contributed by atoms with Crippen LogP contribution < -0.4 is 5.32 Å². The van der Waals surface area contributed by atoms with Crippen LogP contribution in [0.15, 0.2) is 0 Å². The first-order chi connectivity index (χ1) is 9.84. The summed E-state index contributed by atoms with van der Waals surface area (Å²) in [5.74, 6) is -0.152.